The third-order valence-corrected chi connectivity index (χ3v) is 4.11. The van der Waals surface area contributed by atoms with Crippen LogP contribution in [0.1, 0.15) is 18.4 Å². The minimum Gasteiger partial charge on any atom is -0.490 e. The Morgan fingerprint density at radius 2 is 1.70 bits per heavy atom. The second-order valence-corrected chi connectivity index (χ2v) is 5.81. The van der Waals surface area contributed by atoms with Crippen molar-refractivity contribution in [3.63, 3.8) is 0 Å². The Labute approximate surface area is 135 Å². The highest BCUT2D eigenvalue weighted by atomic mass is 19.1. The summed E-state index contributed by atoms with van der Waals surface area (Å²) in [5.74, 6) is 0.579. The Balaban J connectivity index is 1.48. The van der Waals surface area contributed by atoms with Crippen molar-refractivity contribution in [3.8, 4) is 5.75 Å². The summed E-state index contributed by atoms with van der Waals surface area (Å²) in [5.41, 5.74) is 1.04. The van der Waals surface area contributed by atoms with Crippen LogP contribution in [0.4, 0.5) is 4.39 Å². The second-order valence-electron chi connectivity index (χ2n) is 5.81. The van der Waals surface area contributed by atoms with Gasteiger partial charge in [-0.1, -0.05) is 30.3 Å². The zero-order chi connectivity index (χ0) is 16.1. The molecule has 23 heavy (non-hydrogen) atoms. The highest BCUT2D eigenvalue weighted by Crippen LogP contribution is 2.20. The maximum absolute atomic E-state index is 12.9. The van der Waals surface area contributed by atoms with Crippen LogP contribution >= 0.6 is 0 Å². The fourth-order valence-electron chi connectivity index (χ4n) is 2.81. The van der Waals surface area contributed by atoms with Crippen molar-refractivity contribution in [1.82, 2.24) is 4.90 Å². The molecule has 1 aliphatic rings. The predicted octanol–water partition coefficient (Wildman–Crippen LogP) is 3.44. The van der Waals surface area contributed by atoms with E-state index in [-0.39, 0.29) is 17.8 Å². The Morgan fingerprint density at radius 1 is 1.04 bits per heavy atom. The van der Waals surface area contributed by atoms with E-state index in [4.69, 9.17) is 4.74 Å². The van der Waals surface area contributed by atoms with E-state index >= 15 is 0 Å². The van der Waals surface area contributed by atoms with Gasteiger partial charge in [0.1, 0.15) is 17.7 Å². The number of amides is 1. The van der Waals surface area contributed by atoms with Gasteiger partial charge in [-0.2, -0.15) is 0 Å². The van der Waals surface area contributed by atoms with Crippen LogP contribution in [0.5, 0.6) is 5.75 Å². The molecule has 2 aromatic rings. The average Bonchev–Trinajstić information content (AvgIpc) is 2.58. The zero-order valence-corrected chi connectivity index (χ0v) is 13.0. The molecule has 0 unspecified atom stereocenters. The molecule has 3 rings (SSSR count). The lowest BCUT2D eigenvalue weighted by Gasteiger charge is -2.32. The van der Waals surface area contributed by atoms with Gasteiger partial charge in [-0.15, -0.1) is 0 Å². The minimum absolute atomic E-state index is 0.0845. The van der Waals surface area contributed by atoms with Gasteiger partial charge >= 0.3 is 0 Å². The van der Waals surface area contributed by atoms with E-state index in [0.717, 1.165) is 18.4 Å². The van der Waals surface area contributed by atoms with Gasteiger partial charge in [0.2, 0.25) is 5.91 Å². The van der Waals surface area contributed by atoms with Crippen LogP contribution in [-0.4, -0.2) is 30.0 Å². The zero-order valence-electron chi connectivity index (χ0n) is 13.0. The lowest BCUT2D eigenvalue weighted by Crippen LogP contribution is -2.42. The van der Waals surface area contributed by atoms with E-state index < -0.39 is 0 Å². The summed E-state index contributed by atoms with van der Waals surface area (Å²) < 4.78 is 18.7. The first-order valence-electron chi connectivity index (χ1n) is 7.94. The monoisotopic (exact) mass is 313 g/mol. The Bertz CT molecular complexity index is 634. The third kappa shape index (κ3) is 4.31. The number of nitrogens with zero attached hydrogens (tertiary/aromatic N) is 1. The van der Waals surface area contributed by atoms with E-state index in [2.05, 4.69) is 0 Å². The van der Waals surface area contributed by atoms with Gasteiger partial charge in [0.25, 0.3) is 0 Å². The molecule has 0 saturated carbocycles. The van der Waals surface area contributed by atoms with E-state index in [0.29, 0.717) is 25.3 Å². The predicted molar refractivity (Wildman–Crippen MR) is 86.8 cm³/mol. The fraction of sp³-hybridized carbons (Fsp3) is 0.316. The molecule has 4 heteroatoms. The molecule has 1 saturated heterocycles. The number of hydrogen-bond acceptors (Lipinski definition) is 2. The molecule has 1 fully saturated rings. The molecule has 1 heterocycles. The van der Waals surface area contributed by atoms with Crippen LogP contribution in [0, 0.1) is 5.82 Å². The van der Waals surface area contributed by atoms with E-state index in [1.165, 1.54) is 12.1 Å². The maximum atomic E-state index is 12.9. The molecule has 0 radical (unpaired) electrons. The van der Waals surface area contributed by atoms with Crippen LogP contribution in [-0.2, 0) is 11.2 Å². The number of hydrogen-bond donors (Lipinski definition) is 0. The Hall–Kier alpha value is -2.36. The lowest BCUT2D eigenvalue weighted by molar-refractivity contribution is -0.132. The second kappa shape index (κ2) is 7.27. The molecule has 1 amide bonds. The van der Waals surface area contributed by atoms with Gasteiger partial charge in [0.05, 0.1) is 6.42 Å². The van der Waals surface area contributed by atoms with E-state index in [9.17, 15) is 9.18 Å². The number of halogens is 1. The maximum Gasteiger partial charge on any atom is 0.226 e. The normalized spacial score (nSPS) is 15.4. The number of rotatable bonds is 4. The molecule has 3 nitrogen and oxygen atoms in total. The molecule has 120 valence electrons. The molecule has 0 aromatic heterocycles. The molecule has 1 aliphatic heterocycles. The summed E-state index contributed by atoms with van der Waals surface area (Å²) in [6.07, 6.45) is 2.14. The van der Waals surface area contributed by atoms with Crippen molar-refractivity contribution in [2.75, 3.05) is 13.1 Å². The van der Waals surface area contributed by atoms with Gasteiger partial charge in [-0.3, -0.25) is 4.79 Å². The van der Waals surface area contributed by atoms with Gasteiger partial charge < -0.3 is 9.64 Å². The van der Waals surface area contributed by atoms with Crippen LogP contribution in [0.25, 0.3) is 0 Å². The molecule has 2 aromatic carbocycles. The van der Waals surface area contributed by atoms with E-state index in [1.54, 1.807) is 12.1 Å². The standard InChI is InChI=1S/C19H20FNO2/c20-16-6-8-17(9-7-16)23-18-10-12-21(13-11-18)19(22)14-15-4-2-1-3-5-15/h1-9,18H,10-14H2. The summed E-state index contributed by atoms with van der Waals surface area (Å²) in [5, 5.41) is 0. The minimum atomic E-state index is -0.265. The molecular formula is C19H20FNO2. The average molecular weight is 313 g/mol. The largest absolute Gasteiger partial charge is 0.490 e. The quantitative estimate of drug-likeness (QED) is 0.865. The fourth-order valence-corrected chi connectivity index (χ4v) is 2.81. The molecule has 0 atom stereocenters. The molecule has 0 spiro atoms. The first-order valence-corrected chi connectivity index (χ1v) is 7.94. The topological polar surface area (TPSA) is 29.5 Å². The van der Waals surface area contributed by atoms with Crippen LogP contribution < -0.4 is 4.74 Å². The molecule has 0 bridgehead atoms. The van der Waals surface area contributed by atoms with Crippen molar-refractivity contribution in [2.45, 2.75) is 25.4 Å². The third-order valence-electron chi connectivity index (χ3n) is 4.11. The first kappa shape index (κ1) is 15.5. The number of carbonyl (C=O) groups excluding carboxylic acids is 1. The Kier molecular flexibility index (Phi) is 4.91. The summed E-state index contributed by atoms with van der Waals surface area (Å²) in [6, 6.07) is 15.9. The number of likely N-dealkylation sites (tertiary alicyclic amines) is 1. The highest BCUT2D eigenvalue weighted by molar-refractivity contribution is 5.78. The van der Waals surface area contributed by atoms with Crippen molar-refractivity contribution in [1.29, 1.82) is 0 Å². The summed E-state index contributed by atoms with van der Waals surface area (Å²) in [7, 11) is 0. The van der Waals surface area contributed by atoms with Crippen LogP contribution in [0.2, 0.25) is 0 Å². The Morgan fingerprint density at radius 3 is 2.35 bits per heavy atom. The van der Waals surface area contributed by atoms with Crippen LogP contribution in [0.3, 0.4) is 0 Å². The van der Waals surface area contributed by atoms with Crippen molar-refractivity contribution in [2.24, 2.45) is 0 Å². The van der Waals surface area contributed by atoms with Crippen LogP contribution in [0.15, 0.2) is 54.6 Å². The lowest BCUT2D eigenvalue weighted by atomic mass is 10.1. The molecule has 0 aliphatic carbocycles. The first-order chi connectivity index (χ1) is 11.2. The van der Waals surface area contributed by atoms with Gasteiger partial charge in [0, 0.05) is 25.9 Å². The summed E-state index contributed by atoms with van der Waals surface area (Å²) >= 11 is 0. The summed E-state index contributed by atoms with van der Waals surface area (Å²) in [4.78, 5) is 14.2. The number of carbonyl (C=O) groups is 1. The number of ether oxygens (including phenoxy) is 1. The molecule has 0 N–H and O–H groups in total. The SMILES string of the molecule is O=C(Cc1ccccc1)N1CCC(Oc2ccc(F)cc2)CC1. The number of piperidine rings is 1. The number of benzene rings is 2. The van der Waals surface area contributed by atoms with Crippen molar-refractivity contribution < 1.29 is 13.9 Å². The smallest absolute Gasteiger partial charge is 0.226 e. The summed E-state index contributed by atoms with van der Waals surface area (Å²) in [6.45, 7) is 1.41. The van der Waals surface area contributed by atoms with Gasteiger partial charge in [-0.05, 0) is 29.8 Å². The van der Waals surface area contributed by atoms with Crippen molar-refractivity contribution >= 4 is 5.91 Å². The highest BCUT2D eigenvalue weighted by Gasteiger charge is 2.23. The molecular weight excluding hydrogens is 293 g/mol. The van der Waals surface area contributed by atoms with Gasteiger partial charge in [0.15, 0.2) is 0 Å². The van der Waals surface area contributed by atoms with E-state index in [1.807, 2.05) is 35.2 Å². The van der Waals surface area contributed by atoms with Crippen molar-refractivity contribution in [3.05, 3.63) is 66.0 Å². The van der Waals surface area contributed by atoms with Gasteiger partial charge in [-0.25, -0.2) is 4.39 Å².